The maximum absolute atomic E-state index is 13.5. The van der Waals surface area contributed by atoms with Gasteiger partial charge in [0.1, 0.15) is 5.82 Å². The van der Waals surface area contributed by atoms with E-state index < -0.39 is 75.1 Å². The third-order valence-electron chi connectivity index (χ3n) is 8.90. The fourth-order valence-electron chi connectivity index (χ4n) is 5.57. The Morgan fingerprint density at radius 3 is 1.48 bits per heavy atom. The maximum atomic E-state index is 13.5. The zero-order valence-electron chi connectivity index (χ0n) is 36.8. The molecule has 0 saturated heterocycles. The number of rotatable bonds is 20. The van der Waals surface area contributed by atoms with Gasteiger partial charge in [-0.1, -0.05) is 58.6 Å². The van der Waals surface area contributed by atoms with E-state index in [0.717, 1.165) is 21.1 Å². The van der Waals surface area contributed by atoms with Crippen molar-refractivity contribution in [1.82, 2.24) is 19.9 Å². The first-order valence-electron chi connectivity index (χ1n) is 19.1. The Morgan fingerprint density at radius 1 is 0.730 bits per heavy atom. The molecular weight excluding hydrogens is 892 g/mol. The molecule has 0 bridgehead atoms. The molecule has 63 heavy (non-hydrogen) atoms. The number of allylic oxidation sites excluding steroid dienone is 1. The molecule has 1 aromatic carbocycles. The fourth-order valence-corrected chi connectivity index (χ4v) is 6.33. The predicted octanol–water partition coefficient (Wildman–Crippen LogP) is 0.980. The number of aliphatic hydroxyl groups is 4. The molecule has 4 N–H and O–H groups in total. The first kappa shape index (κ1) is 57.1. The van der Waals surface area contributed by atoms with Crippen LogP contribution in [-0.4, -0.2) is 158 Å². The smallest absolute Gasteiger partial charge is 0.550 e. The molecule has 18 nitrogen and oxygen atoms in total. The van der Waals surface area contributed by atoms with Crippen molar-refractivity contribution in [1.29, 1.82) is 0 Å². The molecule has 0 aliphatic heterocycles. The average molecular weight is 947 g/mol. The SMILES string of the molecule is C=C(C)c1nc(N(C)S(C)(=O)=O)nc(C(C)C)c1/C=C/[C@@H](O)C[C@@H](O)CC(=O)[O-].CC(C)c1nc(N(C)S(C)(=O)=O)nc(-c2ccc(F)cc2)c1/C=C/[C@@H](O)C[C@@H](O)CC(=O)[O-].[Ca+2]. The van der Waals surface area contributed by atoms with Gasteiger partial charge in [-0.2, -0.15) is 0 Å². The van der Waals surface area contributed by atoms with Gasteiger partial charge in [0.2, 0.25) is 31.9 Å². The van der Waals surface area contributed by atoms with Crippen LogP contribution in [0, 0.1) is 5.82 Å². The molecule has 3 aromatic rings. The molecule has 2 aromatic heterocycles. The van der Waals surface area contributed by atoms with Crippen LogP contribution in [0.4, 0.5) is 16.3 Å². The summed E-state index contributed by atoms with van der Waals surface area (Å²) in [5.41, 5.74) is 3.88. The second-order valence-corrected chi connectivity index (χ2v) is 19.2. The first-order chi connectivity index (χ1) is 28.5. The molecule has 0 radical (unpaired) electrons. The van der Waals surface area contributed by atoms with Gasteiger partial charge in [-0.25, -0.2) is 49.8 Å². The van der Waals surface area contributed by atoms with Gasteiger partial charge in [0.15, 0.2) is 0 Å². The molecule has 0 amide bonds. The van der Waals surface area contributed by atoms with E-state index in [9.17, 15) is 61.5 Å². The fraction of sp³-hybridized carbons (Fsp3) is 0.463. The Balaban J connectivity index is 0.000000626. The molecule has 0 aliphatic carbocycles. The van der Waals surface area contributed by atoms with E-state index in [4.69, 9.17) is 0 Å². The zero-order chi connectivity index (χ0) is 47.4. The first-order valence-corrected chi connectivity index (χ1v) is 22.8. The summed E-state index contributed by atoms with van der Waals surface area (Å²) in [5.74, 6) is -3.63. The van der Waals surface area contributed by atoms with Crippen molar-refractivity contribution >= 4 is 99.3 Å². The van der Waals surface area contributed by atoms with Gasteiger partial charge in [0, 0.05) is 68.4 Å². The molecule has 342 valence electrons. The number of hydrogen-bond donors (Lipinski definition) is 4. The van der Waals surface area contributed by atoms with Crippen LogP contribution in [-0.2, 0) is 29.6 Å². The number of carboxylic acid groups (broad SMARTS) is 2. The van der Waals surface area contributed by atoms with Gasteiger partial charge >= 0.3 is 37.7 Å². The number of halogens is 1. The van der Waals surface area contributed by atoms with E-state index in [2.05, 4.69) is 26.5 Å². The van der Waals surface area contributed by atoms with Gasteiger partial charge < -0.3 is 40.2 Å². The molecule has 0 unspecified atom stereocenters. The van der Waals surface area contributed by atoms with Crippen LogP contribution in [0.25, 0.3) is 29.0 Å². The molecule has 3 rings (SSSR count). The summed E-state index contributed by atoms with van der Waals surface area (Å²) in [6.45, 7) is 13.1. The number of sulfonamides is 2. The van der Waals surface area contributed by atoms with Gasteiger partial charge in [0.05, 0.1) is 59.7 Å². The van der Waals surface area contributed by atoms with Crippen molar-refractivity contribution in [3.05, 3.63) is 77.0 Å². The Morgan fingerprint density at radius 2 is 1.11 bits per heavy atom. The second kappa shape index (κ2) is 24.9. The van der Waals surface area contributed by atoms with Crippen LogP contribution < -0.4 is 18.8 Å². The summed E-state index contributed by atoms with van der Waals surface area (Å²) in [7, 11) is -4.54. The number of carboxylic acids is 2. The van der Waals surface area contributed by atoms with Crippen LogP contribution in [0.1, 0.15) is 100 Å². The molecule has 0 fully saturated rings. The largest absolute Gasteiger partial charge is 2.00 e. The van der Waals surface area contributed by atoms with Crippen molar-refractivity contribution in [2.45, 2.75) is 96.6 Å². The Bertz CT molecular complexity index is 2350. The quantitative estimate of drug-likeness (QED) is 0.115. The zero-order valence-corrected chi connectivity index (χ0v) is 40.6. The van der Waals surface area contributed by atoms with E-state index in [1.165, 1.54) is 56.6 Å². The monoisotopic (exact) mass is 946 g/mol. The van der Waals surface area contributed by atoms with E-state index >= 15 is 0 Å². The van der Waals surface area contributed by atoms with Crippen molar-refractivity contribution in [2.24, 2.45) is 0 Å². The van der Waals surface area contributed by atoms with Crippen molar-refractivity contribution in [3.63, 3.8) is 0 Å². The molecular formula is C41H55CaFN6O12S2. The van der Waals surface area contributed by atoms with Gasteiger partial charge in [-0.05, 0) is 48.6 Å². The average Bonchev–Trinajstić information content (AvgIpc) is 3.13. The third-order valence-corrected chi connectivity index (χ3v) is 11.2. The number of hydrogen-bond acceptors (Lipinski definition) is 16. The van der Waals surface area contributed by atoms with Crippen molar-refractivity contribution in [2.75, 3.05) is 35.2 Å². The maximum Gasteiger partial charge on any atom is 2.00 e. The number of benzene rings is 1. The van der Waals surface area contributed by atoms with Gasteiger partial charge in [-0.3, -0.25) is 0 Å². The predicted molar refractivity (Wildman–Crippen MR) is 235 cm³/mol. The van der Waals surface area contributed by atoms with E-state index in [1.807, 2.05) is 27.7 Å². The molecule has 4 atom stereocenters. The number of carbonyl (C=O) groups excluding carboxylic acids is 2. The standard InChI is InChI=1S/C22H28FN3O6S.C19H29N3O6S.Ca/c1-13(2)20-18(10-9-16(27)11-17(28)12-19(29)30)21(14-5-7-15(23)8-6-14)25-22(24-20)26(3)33(4,31)32;1-11(2)17-15(8-7-13(23)9-14(24)10-16(25)26)18(12(3)4)21-19(20-17)22(5)29(6,27)28;/h5-10,13,16-17,27-28H,11-12H2,1-4H3,(H,29,30);7-8,12-14,23-24H,1,9-10H2,2-6H3,(H,25,26);/q;;+2/p-2/b10-9+;8-7+;/t16-,17-;13-,14-;/m11./s1. The van der Waals surface area contributed by atoms with E-state index in [1.54, 1.807) is 13.0 Å². The van der Waals surface area contributed by atoms with Crippen LogP contribution in [0.5, 0.6) is 0 Å². The molecule has 0 aliphatic rings. The number of anilines is 2. The summed E-state index contributed by atoms with van der Waals surface area (Å²) >= 11 is 0. The molecule has 2 heterocycles. The van der Waals surface area contributed by atoms with E-state index in [-0.39, 0.29) is 74.3 Å². The van der Waals surface area contributed by atoms with Gasteiger partial charge in [-0.15, -0.1) is 0 Å². The number of nitrogens with zero attached hydrogens (tertiary/aromatic N) is 6. The summed E-state index contributed by atoms with van der Waals surface area (Å²) in [6.07, 6.45) is 1.49. The minimum absolute atomic E-state index is 0. The van der Waals surface area contributed by atoms with Crippen LogP contribution in [0.15, 0.2) is 43.0 Å². The third kappa shape index (κ3) is 18.2. The number of aliphatic carboxylic acids is 2. The van der Waals surface area contributed by atoms with E-state index in [0.29, 0.717) is 45.0 Å². The Labute approximate surface area is 398 Å². The topological polar surface area (TPSA) is 287 Å². The molecule has 0 spiro atoms. The molecule has 0 saturated carbocycles. The van der Waals surface area contributed by atoms with Crippen LogP contribution >= 0.6 is 0 Å². The normalized spacial score (nSPS) is 13.8. The summed E-state index contributed by atoms with van der Waals surface area (Å²) < 4.78 is 63.3. The van der Waals surface area contributed by atoms with Crippen molar-refractivity contribution in [3.8, 4) is 11.3 Å². The summed E-state index contributed by atoms with van der Waals surface area (Å²) in [4.78, 5) is 38.7. The minimum atomic E-state index is -3.66. The Hall–Kier alpha value is -3.93. The van der Waals surface area contributed by atoms with Crippen molar-refractivity contribution < 1.29 is 61.5 Å². The summed E-state index contributed by atoms with van der Waals surface area (Å²) in [6, 6.07) is 5.46. The number of aliphatic hydroxyl groups excluding tert-OH is 4. The van der Waals surface area contributed by atoms with Crippen LogP contribution in [0.3, 0.4) is 0 Å². The van der Waals surface area contributed by atoms with Gasteiger partial charge in [0.25, 0.3) is 0 Å². The number of carbonyl (C=O) groups is 2. The summed E-state index contributed by atoms with van der Waals surface area (Å²) in [5, 5.41) is 60.8. The van der Waals surface area contributed by atoms with Crippen LogP contribution in [0.2, 0.25) is 0 Å². The molecule has 22 heteroatoms. The number of aromatic nitrogens is 4. The second-order valence-electron chi connectivity index (χ2n) is 15.2. The minimum Gasteiger partial charge on any atom is -0.550 e. The Kier molecular flexibility index (Phi) is 22.6.